The molecule has 8 heteroatoms. The van der Waals surface area contributed by atoms with Crippen LogP contribution in [0.2, 0.25) is 5.02 Å². The normalized spacial score (nSPS) is 15.2. The zero-order valence-electron chi connectivity index (χ0n) is 15.4. The van der Waals surface area contributed by atoms with Crippen LogP contribution in [0.15, 0.2) is 53.4 Å². The van der Waals surface area contributed by atoms with E-state index in [0.29, 0.717) is 29.5 Å². The Morgan fingerprint density at radius 1 is 1.07 bits per heavy atom. The highest BCUT2D eigenvalue weighted by Crippen LogP contribution is 2.30. The van der Waals surface area contributed by atoms with Crippen LogP contribution < -0.4 is 5.32 Å². The zero-order valence-corrected chi connectivity index (χ0v) is 16.9. The monoisotopic (exact) mass is 417 g/mol. The van der Waals surface area contributed by atoms with Crippen molar-refractivity contribution in [2.45, 2.75) is 17.7 Å². The van der Waals surface area contributed by atoms with Gasteiger partial charge in [-0.1, -0.05) is 35.9 Å². The molecule has 1 saturated heterocycles. The smallest absolute Gasteiger partial charge is 0.273 e. The fraction of sp³-hybridized carbons (Fsp3) is 0.250. The van der Waals surface area contributed by atoms with Gasteiger partial charge in [0, 0.05) is 36.7 Å². The fourth-order valence-corrected chi connectivity index (χ4v) is 5.54. The van der Waals surface area contributed by atoms with Crippen molar-refractivity contribution in [3.8, 4) is 0 Å². The van der Waals surface area contributed by atoms with E-state index in [2.05, 4.69) is 5.32 Å². The number of anilines is 1. The minimum Gasteiger partial charge on any atom is -0.338 e. The van der Waals surface area contributed by atoms with Crippen molar-refractivity contribution in [3.63, 3.8) is 0 Å². The summed E-state index contributed by atoms with van der Waals surface area (Å²) in [6.07, 6.45) is 1.74. The number of amides is 1. The maximum Gasteiger partial charge on any atom is 0.273 e. The predicted molar refractivity (Wildman–Crippen MR) is 110 cm³/mol. The Kier molecular flexibility index (Phi) is 4.91. The second-order valence-corrected chi connectivity index (χ2v) is 9.15. The molecule has 2 heterocycles. The standard InChI is InChI=1S/C20H20ClN3O3S/c1-23-17-10-3-2-9-16(17)18(21)19(23)20(25)22-14-7-6-8-15(13-14)28(26,27)24-11-4-5-12-24/h2-3,6-10,13H,4-5,11-12H2,1H3,(H,22,25). The number of hydrogen-bond acceptors (Lipinski definition) is 3. The highest BCUT2D eigenvalue weighted by Gasteiger charge is 2.27. The molecule has 28 heavy (non-hydrogen) atoms. The van der Waals surface area contributed by atoms with Crippen molar-refractivity contribution >= 4 is 44.1 Å². The second-order valence-electron chi connectivity index (χ2n) is 6.83. The van der Waals surface area contributed by atoms with E-state index in [9.17, 15) is 13.2 Å². The Hall–Kier alpha value is -2.35. The van der Waals surface area contributed by atoms with Crippen LogP contribution in [-0.2, 0) is 17.1 Å². The number of rotatable bonds is 4. The van der Waals surface area contributed by atoms with Gasteiger partial charge in [-0.2, -0.15) is 4.31 Å². The second kappa shape index (κ2) is 7.24. The lowest BCUT2D eigenvalue weighted by molar-refractivity contribution is 0.102. The van der Waals surface area contributed by atoms with Crippen LogP contribution in [0.1, 0.15) is 23.3 Å². The Bertz CT molecular complexity index is 1130. The van der Waals surface area contributed by atoms with E-state index < -0.39 is 10.0 Å². The Balaban J connectivity index is 1.64. The summed E-state index contributed by atoms with van der Waals surface area (Å²) in [4.78, 5) is 13.0. The number of sulfonamides is 1. The first-order chi connectivity index (χ1) is 13.4. The molecule has 1 N–H and O–H groups in total. The lowest BCUT2D eigenvalue weighted by Gasteiger charge is -2.16. The number of carbonyl (C=O) groups is 1. The minimum absolute atomic E-state index is 0.176. The van der Waals surface area contributed by atoms with E-state index >= 15 is 0 Å². The Morgan fingerprint density at radius 2 is 1.79 bits per heavy atom. The van der Waals surface area contributed by atoms with E-state index in [1.165, 1.54) is 10.4 Å². The van der Waals surface area contributed by atoms with Gasteiger partial charge in [-0.15, -0.1) is 0 Å². The summed E-state index contributed by atoms with van der Waals surface area (Å²) in [7, 11) is -1.77. The average Bonchev–Trinajstić information content (AvgIpc) is 3.31. The van der Waals surface area contributed by atoms with Crippen molar-refractivity contribution in [1.82, 2.24) is 8.87 Å². The molecular weight excluding hydrogens is 398 g/mol. The number of carbonyl (C=O) groups excluding carboxylic acids is 1. The van der Waals surface area contributed by atoms with Gasteiger partial charge in [0.2, 0.25) is 10.0 Å². The summed E-state index contributed by atoms with van der Waals surface area (Å²) >= 11 is 6.43. The van der Waals surface area contributed by atoms with Crippen LogP contribution in [0.3, 0.4) is 0 Å². The van der Waals surface area contributed by atoms with Crippen LogP contribution in [0.5, 0.6) is 0 Å². The lowest BCUT2D eigenvalue weighted by Crippen LogP contribution is -2.28. The van der Waals surface area contributed by atoms with Gasteiger partial charge in [0.15, 0.2) is 0 Å². The molecule has 0 bridgehead atoms. The first-order valence-electron chi connectivity index (χ1n) is 9.04. The van der Waals surface area contributed by atoms with Gasteiger partial charge in [-0.25, -0.2) is 8.42 Å². The van der Waals surface area contributed by atoms with Gasteiger partial charge in [-0.3, -0.25) is 4.79 Å². The van der Waals surface area contributed by atoms with Crippen LogP contribution in [0.25, 0.3) is 10.9 Å². The van der Waals surface area contributed by atoms with E-state index in [1.54, 1.807) is 29.8 Å². The van der Waals surface area contributed by atoms with Gasteiger partial charge in [-0.05, 0) is 37.1 Å². The number of nitrogens with one attached hydrogen (secondary N) is 1. The number of aromatic nitrogens is 1. The molecule has 2 aromatic carbocycles. The van der Waals surface area contributed by atoms with Gasteiger partial charge >= 0.3 is 0 Å². The summed E-state index contributed by atoms with van der Waals surface area (Å²) in [5, 5.41) is 3.94. The maximum absolute atomic E-state index is 12.9. The predicted octanol–water partition coefficient (Wildman–Crippen LogP) is 3.87. The molecule has 0 saturated carbocycles. The fourth-order valence-electron chi connectivity index (χ4n) is 3.60. The molecular formula is C20H20ClN3O3S. The van der Waals surface area contributed by atoms with Crippen molar-refractivity contribution in [2.75, 3.05) is 18.4 Å². The van der Waals surface area contributed by atoms with Crippen LogP contribution in [0, 0.1) is 0 Å². The molecule has 0 spiro atoms. The molecule has 1 aliphatic rings. The quantitative estimate of drug-likeness (QED) is 0.700. The molecule has 0 radical (unpaired) electrons. The van der Waals surface area contributed by atoms with E-state index in [0.717, 1.165) is 23.7 Å². The van der Waals surface area contributed by atoms with E-state index in [-0.39, 0.29) is 10.8 Å². The zero-order chi connectivity index (χ0) is 19.9. The van der Waals surface area contributed by atoms with Crippen LogP contribution >= 0.6 is 11.6 Å². The first-order valence-corrected chi connectivity index (χ1v) is 10.9. The molecule has 0 unspecified atom stereocenters. The summed E-state index contributed by atoms with van der Waals surface area (Å²) in [6, 6.07) is 13.8. The van der Waals surface area contributed by atoms with E-state index in [1.807, 2.05) is 24.3 Å². The minimum atomic E-state index is -3.55. The largest absolute Gasteiger partial charge is 0.338 e. The molecule has 146 valence electrons. The molecule has 4 rings (SSSR count). The topological polar surface area (TPSA) is 71.4 Å². The van der Waals surface area contributed by atoms with Crippen LogP contribution in [0.4, 0.5) is 5.69 Å². The third-order valence-corrected chi connectivity index (χ3v) is 7.33. The Labute approximate surface area is 168 Å². The van der Waals surface area contributed by atoms with Crippen LogP contribution in [-0.4, -0.2) is 36.3 Å². The number of fused-ring (bicyclic) bond motifs is 1. The highest BCUT2D eigenvalue weighted by atomic mass is 35.5. The molecule has 3 aromatic rings. The number of hydrogen-bond donors (Lipinski definition) is 1. The van der Waals surface area contributed by atoms with E-state index in [4.69, 9.17) is 11.6 Å². The number of para-hydroxylation sites is 1. The molecule has 1 amide bonds. The summed E-state index contributed by atoms with van der Waals surface area (Å²) in [6.45, 7) is 1.06. The van der Waals surface area contributed by atoms with Crippen molar-refractivity contribution in [1.29, 1.82) is 0 Å². The molecule has 1 aliphatic heterocycles. The van der Waals surface area contributed by atoms with Gasteiger partial charge in [0.25, 0.3) is 5.91 Å². The van der Waals surface area contributed by atoms with Gasteiger partial charge in [0.05, 0.1) is 9.92 Å². The number of benzene rings is 2. The number of aryl methyl sites for hydroxylation is 1. The molecule has 1 aromatic heterocycles. The Morgan fingerprint density at radius 3 is 2.50 bits per heavy atom. The molecule has 1 fully saturated rings. The molecule has 0 aliphatic carbocycles. The molecule has 6 nitrogen and oxygen atoms in total. The summed E-state index contributed by atoms with van der Waals surface area (Å²) < 4.78 is 28.7. The number of nitrogens with zero attached hydrogens (tertiary/aromatic N) is 2. The third-order valence-electron chi connectivity index (χ3n) is 5.05. The van der Waals surface area contributed by atoms with Crippen molar-refractivity contribution in [2.24, 2.45) is 7.05 Å². The SMILES string of the molecule is Cn1c(C(=O)Nc2cccc(S(=O)(=O)N3CCCC3)c2)c(Cl)c2ccccc21. The lowest BCUT2D eigenvalue weighted by atomic mass is 10.2. The number of halogens is 1. The summed E-state index contributed by atoms with van der Waals surface area (Å²) in [5.74, 6) is -0.389. The summed E-state index contributed by atoms with van der Waals surface area (Å²) in [5.41, 5.74) is 1.59. The maximum atomic E-state index is 12.9. The first kappa shape index (κ1) is 19.0. The van der Waals surface area contributed by atoms with Crippen molar-refractivity contribution < 1.29 is 13.2 Å². The molecule has 0 atom stereocenters. The average molecular weight is 418 g/mol. The van der Waals surface area contributed by atoms with Gasteiger partial charge < -0.3 is 9.88 Å². The third kappa shape index (κ3) is 3.19. The highest BCUT2D eigenvalue weighted by molar-refractivity contribution is 7.89. The van der Waals surface area contributed by atoms with Gasteiger partial charge in [0.1, 0.15) is 5.69 Å². The van der Waals surface area contributed by atoms with Crippen molar-refractivity contribution in [3.05, 3.63) is 59.2 Å².